The maximum absolute atomic E-state index is 11.0. The highest BCUT2D eigenvalue weighted by molar-refractivity contribution is 5.65. The molecule has 8 heteroatoms. The van der Waals surface area contributed by atoms with E-state index in [0.29, 0.717) is 31.9 Å². The van der Waals surface area contributed by atoms with Gasteiger partial charge in [0.05, 0.1) is 17.6 Å². The summed E-state index contributed by atoms with van der Waals surface area (Å²) in [5.74, 6) is 5.40. The van der Waals surface area contributed by atoms with E-state index in [4.69, 9.17) is 15.8 Å². The van der Waals surface area contributed by atoms with Gasteiger partial charge in [-0.05, 0) is 5.56 Å². The van der Waals surface area contributed by atoms with Crippen molar-refractivity contribution < 1.29 is 9.66 Å². The molecule has 0 saturated carbocycles. The van der Waals surface area contributed by atoms with Gasteiger partial charge < -0.3 is 10.2 Å². The highest BCUT2D eigenvalue weighted by Crippen LogP contribution is 2.28. The van der Waals surface area contributed by atoms with Crippen LogP contribution in [0.3, 0.4) is 0 Å². The van der Waals surface area contributed by atoms with Crippen molar-refractivity contribution in [3.63, 3.8) is 0 Å². The number of morpholine rings is 1. The largest absolute Gasteiger partial charge is 0.361 e. The predicted octanol–water partition coefficient (Wildman–Crippen LogP) is 0.605. The Balaban J connectivity index is 2.19. The van der Waals surface area contributed by atoms with Crippen molar-refractivity contribution >= 4 is 11.4 Å². The Morgan fingerprint density at radius 2 is 2.45 bits per heavy atom. The van der Waals surface area contributed by atoms with Crippen LogP contribution in [-0.2, 0) is 11.3 Å². The van der Waals surface area contributed by atoms with Gasteiger partial charge in [0.2, 0.25) is 0 Å². The van der Waals surface area contributed by atoms with Gasteiger partial charge in [-0.1, -0.05) is 12.1 Å². The van der Waals surface area contributed by atoms with Crippen LogP contribution in [0.25, 0.3) is 0 Å². The second kappa shape index (κ2) is 6.29. The third-order valence-corrected chi connectivity index (χ3v) is 3.16. The number of nitrogens with one attached hydrogen (secondary N) is 1. The molecule has 1 unspecified atom stereocenters. The summed E-state index contributed by atoms with van der Waals surface area (Å²) in [5, 5.41) is 19.8. The number of nitro groups is 1. The Kier molecular flexibility index (Phi) is 4.47. The Morgan fingerprint density at radius 3 is 3.10 bits per heavy atom. The standard InChI is InChI=1S/C12H15N5O3/c13-6-10-8-16(4-5-20-10)7-9-2-1-3-11(17(18)19)12(9)15-14/h1-3,10,15H,4-5,7-8,14H2. The van der Waals surface area contributed by atoms with Crippen LogP contribution in [0.4, 0.5) is 11.4 Å². The summed E-state index contributed by atoms with van der Waals surface area (Å²) < 4.78 is 5.26. The lowest BCUT2D eigenvalue weighted by Gasteiger charge is -2.30. The maximum Gasteiger partial charge on any atom is 0.293 e. The number of hydrazine groups is 1. The van der Waals surface area contributed by atoms with Crippen LogP contribution in [0.1, 0.15) is 5.56 Å². The molecular formula is C12H15N5O3. The summed E-state index contributed by atoms with van der Waals surface area (Å²) in [6.45, 7) is 2.09. The molecule has 1 aromatic carbocycles. The summed E-state index contributed by atoms with van der Waals surface area (Å²) in [5.41, 5.74) is 3.36. The summed E-state index contributed by atoms with van der Waals surface area (Å²) in [4.78, 5) is 12.5. The SMILES string of the molecule is N#CC1CN(Cc2cccc([N+](=O)[O-])c2NN)CCO1. The van der Waals surface area contributed by atoms with Crippen LogP contribution in [-0.4, -0.2) is 35.6 Å². The van der Waals surface area contributed by atoms with Gasteiger partial charge in [-0.2, -0.15) is 5.26 Å². The van der Waals surface area contributed by atoms with Crippen molar-refractivity contribution in [2.75, 3.05) is 25.1 Å². The van der Waals surface area contributed by atoms with E-state index >= 15 is 0 Å². The molecule has 2 rings (SSSR count). The Hall–Kier alpha value is -2.21. The number of hydrogen-bond acceptors (Lipinski definition) is 7. The molecule has 1 aromatic rings. The van der Waals surface area contributed by atoms with E-state index in [9.17, 15) is 10.1 Å². The van der Waals surface area contributed by atoms with E-state index in [0.717, 1.165) is 5.56 Å². The summed E-state index contributed by atoms with van der Waals surface area (Å²) in [6, 6.07) is 6.86. The molecular weight excluding hydrogens is 262 g/mol. The average Bonchev–Trinajstić information content (AvgIpc) is 2.47. The van der Waals surface area contributed by atoms with Crippen LogP contribution >= 0.6 is 0 Å². The number of nitrogens with zero attached hydrogens (tertiary/aromatic N) is 3. The van der Waals surface area contributed by atoms with Gasteiger partial charge in [-0.3, -0.25) is 20.9 Å². The highest BCUT2D eigenvalue weighted by Gasteiger charge is 2.23. The van der Waals surface area contributed by atoms with Gasteiger partial charge in [0.25, 0.3) is 5.69 Å². The molecule has 1 saturated heterocycles. The average molecular weight is 277 g/mol. The van der Waals surface area contributed by atoms with Crippen LogP contribution in [0.2, 0.25) is 0 Å². The number of nitrogens with two attached hydrogens (primary N) is 1. The number of rotatable bonds is 4. The first-order valence-corrected chi connectivity index (χ1v) is 6.12. The van der Waals surface area contributed by atoms with E-state index in [1.54, 1.807) is 12.1 Å². The van der Waals surface area contributed by atoms with Gasteiger partial charge in [0.15, 0.2) is 6.10 Å². The fourth-order valence-corrected chi connectivity index (χ4v) is 2.20. The van der Waals surface area contributed by atoms with Crippen LogP contribution in [0.5, 0.6) is 0 Å². The predicted molar refractivity (Wildman–Crippen MR) is 71.5 cm³/mol. The minimum absolute atomic E-state index is 0.0601. The van der Waals surface area contributed by atoms with Crippen molar-refractivity contribution in [1.82, 2.24) is 4.90 Å². The van der Waals surface area contributed by atoms with Crippen molar-refractivity contribution in [3.05, 3.63) is 33.9 Å². The molecule has 8 nitrogen and oxygen atoms in total. The highest BCUT2D eigenvalue weighted by atomic mass is 16.6. The summed E-state index contributed by atoms with van der Waals surface area (Å²) in [6.07, 6.45) is -0.461. The third-order valence-electron chi connectivity index (χ3n) is 3.16. The molecule has 1 aliphatic rings. The van der Waals surface area contributed by atoms with Crippen LogP contribution in [0.15, 0.2) is 18.2 Å². The number of ether oxygens (including phenoxy) is 1. The maximum atomic E-state index is 11.0. The topological polar surface area (TPSA) is 117 Å². The molecule has 20 heavy (non-hydrogen) atoms. The van der Waals surface area contributed by atoms with Crippen molar-refractivity contribution in [1.29, 1.82) is 5.26 Å². The first-order chi connectivity index (χ1) is 9.65. The number of anilines is 1. The number of nitro benzene ring substituents is 1. The normalized spacial score (nSPS) is 19.3. The summed E-state index contributed by atoms with van der Waals surface area (Å²) in [7, 11) is 0. The van der Waals surface area contributed by atoms with Crippen LogP contribution < -0.4 is 11.3 Å². The molecule has 0 amide bonds. The number of nitrogen functional groups attached to an aromatic ring is 1. The van der Waals surface area contributed by atoms with E-state index in [2.05, 4.69) is 11.5 Å². The fraction of sp³-hybridized carbons (Fsp3) is 0.417. The van der Waals surface area contributed by atoms with E-state index in [1.165, 1.54) is 6.07 Å². The molecule has 0 bridgehead atoms. The number of para-hydroxylation sites is 1. The minimum atomic E-state index is -0.476. The monoisotopic (exact) mass is 277 g/mol. The molecule has 1 heterocycles. The Morgan fingerprint density at radius 1 is 1.65 bits per heavy atom. The van der Waals surface area contributed by atoms with E-state index in [-0.39, 0.29) is 5.69 Å². The lowest BCUT2D eigenvalue weighted by atomic mass is 10.1. The number of nitriles is 1. The zero-order valence-electron chi connectivity index (χ0n) is 10.8. The Bertz CT molecular complexity index is 542. The van der Waals surface area contributed by atoms with E-state index < -0.39 is 11.0 Å². The van der Waals surface area contributed by atoms with Crippen molar-refractivity contribution in [3.8, 4) is 6.07 Å². The lowest BCUT2D eigenvalue weighted by molar-refractivity contribution is -0.384. The van der Waals surface area contributed by atoms with E-state index in [1.807, 2.05) is 4.90 Å². The molecule has 0 aliphatic carbocycles. The van der Waals surface area contributed by atoms with Gasteiger partial charge in [0.1, 0.15) is 5.69 Å². The molecule has 106 valence electrons. The molecule has 1 fully saturated rings. The van der Waals surface area contributed by atoms with Crippen molar-refractivity contribution in [2.45, 2.75) is 12.6 Å². The molecule has 0 radical (unpaired) electrons. The van der Waals surface area contributed by atoms with Gasteiger partial charge in [-0.15, -0.1) is 0 Å². The molecule has 0 aromatic heterocycles. The van der Waals surface area contributed by atoms with Crippen LogP contribution in [0, 0.1) is 21.4 Å². The molecule has 3 N–H and O–H groups in total. The van der Waals surface area contributed by atoms with Crippen molar-refractivity contribution in [2.24, 2.45) is 5.84 Å². The first-order valence-electron chi connectivity index (χ1n) is 6.12. The second-order valence-electron chi connectivity index (χ2n) is 4.44. The smallest absolute Gasteiger partial charge is 0.293 e. The molecule has 0 spiro atoms. The second-order valence-corrected chi connectivity index (χ2v) is 4.44. The Labute approximate surface area is 115 Å². The number of hydrogen-bond donors (Lipinski definition) is 2. The summed E-state index contributed by atoms with van der Waals surface area (Å²) >= 11 is 0. The van der Waals surface area contributed by atoms with Gasteiger partial charge >= 0.3 is 0 Å². The van der Waals surface area contributed by atoms with Gasteiger partial charge in [-0.25, -0.2) is 0 Å². The minimum Gasteiger partial charge on any atom is -0.361 e. The third kappa shape index (κ3) is 3.03. The fourth-order valence-electron chi connectivity index (χ4n) is 2.20. The first kappa shape index (κ1) is 14.2. The van der Waals surface area contributed by atoms with Gasteiger partial charge in [0, 0.05) is 25.7 Å². The zero-order chi connectivity index (χ0) is 14.5. The number of benzene rings is 1. The quantitative estimate of drug-likeness (QED) is 0.470. The lowest BCUT2D eigenvalue weighted by Crippen LogP contribution is -2.41. The molecule has 1 atom stereocenters. The zero-order valence-corrected chi connectivity index (χ0v) is 10.8. The molecule has 1 aliphatic heterocycles.